The number of halogens is 1. The van der Waals surface area contributed by atoms with E-state index in [2.05, 4.69) is 20.4 Å². The van der Waals surface area contributed by atoms with Gasteiger partial charge in [0.1, 0.15) is 11.6 Å². The monoisotopic (exact) mass is 473 g/mol. The summed E-state index contributed by atoms with van der Waals surface area (Å²) in [4.78, 5) is 22.1. The van der Waals surface area contributed by atoms with Gasteiger partial charge in [-0.3, -0.25) is 4.79 Å². The summed E-state index contributed by atoms with van der Waals surface area (Å²) >= 11 is 6.06. The molecule has 5 rings (SSSR count). The first-order chi connectivity index (χ1) is 16.5. The molecule has 172 valence electrons. The van der Waals surface area contributed by atoms with Gasteiger partial charge in [0.2, 0.25) is 11.8 Å². The molecule has 0 bridgehead atoms. The van der Waals surface area contributed by atoms with E-state index in [9.17, 15) is 4.79 Å². The molecule has 0 radical (unpaired) electrons. The molecule has 1 aliphatic rings. The van der Waals surface area contributed by atoms with Gasteiger partial charge < -0.3 is 10.1 Å². The van der Waals surface area contributed by atoms with Crippen molar-refractivity contribution in [3.8, 4) is 17.4 Å². The van der Waals surface area contributed by atoms with Crippen molar-refractivity contribution in [2.75, 3.05) is 5.32 Å². The third-order valence-electron chi connectivity index (χ3n) is 6.16. The van der Waals surface area contributed by atoms with Crippen molar-refractivity contribution in [3.05, 3.63) is 89.5 Å². The Morgan fingerprint density at radius 2 is 1.79 bits per heavy atom. The maximum Gasteiger partial charge on any atom is 0.235 e. The van der Waals surface area contributed by atoms with E-state index in [1.165, 1.54) is 0 Å². The molecule has 8 heteroatoms. The molecule has 1 saturated carbocycles. The van der Waals surface area contributed by atoms with Gasteiger partial charge in [-0.2, -0.15) is 10.1 Å². The van der Waals surface area contributed by atoms with Gasteiger partial charge in [0.05, 0.1) is 5.41 Å². The second-order valence-corrected chi connectivity index (χ2v) is 8.88. The first-order valence-electron chi connectivity index (χ1n) is 11.2. The van der Waals surface area contributed by atoms with Gasteiger partial charge >= 0.3 is 0 Å². The number of benzene rings is 2. The lowest BCUT2D eigenvalue weighted by Crippen LogP contribution is -2.37. The Balaban J connectivity index is 1.31. The minimum absolute atomic E-state index is 0.0104. The molecule has 0 atom stereocenters. The van der Waals surface area contributed by atoms with Crippen LogP contribution in [0.2, 0.25) is 5.02 Å². The largest absolute Gasteiger partial charge is 0.439 e. The van der Waals surface area contributed by atoms with Gasteiger partial charge in [0.15, 0.2) is 5.82 Å². The lowest BCUT2D eigenvalue weighted by Gasteiger charge is -2.28. The van der Waals surface area contributed by atoms with E-state index < -0.39 is 5.41 Å². The summed E-state index contributed by atoms with van der Waals surface area (Å²) in [5.41, 5.74) is 1.20. The minimum Gasteiger partial charge on any atom is -0.439 e. The second kappa shape index (κ2) is 9.27. The molecule has 34 heavy (non-hydrogen) atoms. The zero-order chi connectivity index (χ0) is 23.5. The van der Waals surface area contributed by atoms with E-state index in [0.29, 0.717) is 34.0 Å². The van der Waals surface area contributed by atoms with Crippen LogP contribution < -0.4 is 10.1 Å². The summed E-state index contributed by atoms with van der Waals surface area (Å²) in [5, 5.41) is 7.97. The maximum atomic E-state index is 13.4. The number of amides is 1. The van der Waals surface area contributed by atoms with E-state index in [1.807, 2.05) is 60.8 Å². The Kier molecular flexibility index (Phi) is 6.02. The van der Waals surface area contributed by atoms with Gasteiger partial charge in [-0.25, -0.2) is 9.67 Å². The molecule has 1 amide bonds. The number of hydrogen-bond acceptors (Lipinski definition) is 5. The highest BCUT2D eigenvalue weighted by Crippen LogP contribution is 2.42. The summed E-state index contributed by atoms with van der Waals surface area (Å²) in [7, 11) is 0. The Bertz CT molecular complexity index is 1280. The summed E-state index contributed by atoms with van der Waals surface area (Å²) in [5.74, 6) is 2.24. The second-order valence-electron chi connectivity index (χ2n) is 8.44. The molecule has 0 aliphatic heterocycles. The number of aryl methyl sites for hydroxylation is 1. The van der Waals surface area contributed by atoms with Crippen LogP contribution in [0.5, 0.6) is 11.6 Å². The van der Waals surface area contributed by atoms with E-state index in [1.54, 1.807) is 23.9 Å². The quantitative estimate of drug-likeness (QED) is 0.379. The highest BCUT2D eigenvalue weighted by molar-refractivity contribution is 6.30. The molecule has 2 aromatic carbocycles. The van der Waals surface area contributed by atoms with Crippen LogP contribution in [-0.2, 0) is 10.2 Å². The summed E-state index contributed by atoms with van der Waals surface area (Å²) in [6.07, 6.45) is 7.21. The van der Waals surface area contributed by atoms with Crippen molar-refractivity contribution < 1.29 is 9.53 Å². The van der Waals surface area contributed by atoms with Crippen molar-refractivity contribution in [1.29, 1.82) is 0 Å². The average Bonchev–Trinajstić information content (AvgIpc) is 3.54. The van der Waals surface area contributed by atoms with E-state index in [0.717, 1.165) is 31.2 Å². The standard InChI is InChI=1S/C26H24ClN5O2/c1-18-29-23(32-16-4-15-28-32)17-24(30-18)34-22-11-9-21(10-12-22)31-25(33)26(13-2-3-14-26)19-5-7-20(27)8-6-19/h4-12,15-17H,2-3,13-14H2,1H3,(H,31,33). The fraction of sp³-hybridized carbons (Fsp3) is 0.231. The van der Waals surface area contributed by atoms with Crippen molar-refractivity contribution in [3.63, 3.8) is 0 Å². The average molecular weight is 474 g/mol. The van der Waals surface area contributed by atoms with Gasteiger partial charge in [-0.05, 0) is 67.8 Å². The molecule has 0 saturated heterocycles. The maximum absolute atomic E-state index is 13.4. The lowest BCUT2D eigenvalue weighted by molar-refractivity contribution is -0.121. The topological polar surface area (TPSA) is 81.9 Å². The molecule has 2 heterocycles. The number of nitrogens with zero attached hydrogens (tertiary/aromatic N) is 4. The minimum atomic E-state index is -0.527. The van der Waals surface area contributed by atoms with E-state index >= 15 is 0 Å². The number of anilines is 1. The van der Waals surface area contributed by atoms with E-state index in [-0.39, 0.29) is 5.91 Å². The van der Waals surface area contributed by atoms with Crippen LogP contribution in [0, 0.1) is 6.92 Å². The van der Waals surface area contributed by atoms with Crippen molar-refractivity contribution in [2.45, 2.75) is 38.0 Å². The number of ether oxygens (including phenoxy) is 1. The fourth-order valence-corrected chi connectivity index (χ4v) is 4.60. The normalized spacial score (nSPS) is 14.6. The van der Waals surface area contributed by atoms with Crippen molar-refractivity contribution in [1.82, 2.24) is 19.7 Å². The first-order valence-corrected chi connectivity index (χ1v) is 11.6. The summed E-state index contributed by atoms with van der Waals surface area (Å²) in [6.45, 7) is 1.80. The van der Waals surface area contributed by atoms with Crippen LogP contribution in [0.1, 0.15) is 37.1 Å². The number of rotatable bonds is 6. The third-order valence-corrected chi connectivity index (χ3v) is 6.42. The molecule has 0 spiro atoms. The first kappa shape index (κ1) is 22.1. The Morgan fingerprint density at radius 3 is 2.47 bits per heavy atom. The number of carbonyl (C=O) groups excluding carboxylic acids is 1. The molecule has 1 aliphatic carbocycles. The van der Waals surface area contributed by atoms with Crippen LogP contribution >= 0.6 is 11.6 Å². The van der Waals surface area contributed by atoms with Crippen LogP contribution in [-0.4, -0.2) is 25.7 Å². The van der Waals surface area contributed by atoms with Crippen molar-refractivity contribution in [2.24, 2.45) is 0 Å². The fourth-order valence-electron chi connectivity index (χ4n) is 4.47. The molecular formula is C26H24ClN5O2. The predicted molar refractivity (Wildman–Crippen MR) is 131 cm³/mol. The smallest absolute Gasteiger partial charge is 0.235 e. The van der Waals surface area contributed by atoms with Gasteiger partial charge in [-0.1, -0.05) is 36.6 Å². The Hall–Kier alpha value is -3.71. The number of aromatic nitrogens is 4. The van der Waals surface area contributed by atoms with Crippen LogP contribution in [0.4, 0.5) is 5.69 Å². The number of carbonyl (C=O) groups is 1. The SMILES string of the molecule is Cc1nc(Oc2ccc(NC(=O)C3(c4ccc(Cl)cc4)CCCC3)cc2)cc(-n2cccn2)n1. The van der Waals surface area contributed by atoms with Gasteiger partial charge in [-0.15, -0.1) is 0 Å². The van der Waals surface area contributed by atoms with Crippen LogP contribution in [0.15, 0.2) is 73.1 Å². The zero-order valence-electron chi connectivity index (χ0n) is 18.7. The van der Waals surface area contributed by atoms with E-state index in [4.69, 9.17) is 16.3 Å². The third kappa shape index (κ3) is 4.52. The van der Waals surface area contributed by atoms with Crippen LogP contribution in [0.25, 0.3) is 5.82 Å². The molecule has 0 unspecified atom stereocenters. The highest BCUT2D eigenvalue weighted by atomic mass is 35.5. The Labute approximate surface area is 202 Å². The highest BCUT2D eigenvalue weighted by Gasteiger charge is 2.42. The molecule has 7 nitrogen and oxygen atoms in total. The van der Waals surface area contributed by atoms with Gasteiger partial charge in [0, 0.05) is 29.2 Å². The molecule has 4 aromatic rings. The zero-order valence-corrected chi connectivity index (χ0v) is 19.5. The summed E-state index contributed by atoms with van der Waals surface area (Å²) in [6, 6.07) is 18.5. The molecule has 1 fully saturated rings. The predicted octanol–water partition coefficient (Wildman–Crippen LogP) is 5.87. The van der Waals surface area contributed by atoms with Gasteiger partial charge in [0.25, 0.3) is 0 Å². The number of hydrogen-bond donors (Lipinski definition) is 1. The summed E-state index contributed by atoms with van der Waals surface area (Å²) < 4.78 is 7.59. The molecule has 1 N–H and O–H groups in total. The van der Waals surface area contributed by atoms with Crippen LogP contribution in [0.3, 0.4) is 0 Å². The number of nitrogens with one attached hydrogen (secondary N) is 1. The Morgan fingerprint density at radius 1 is 1.06 bits per heavy atom. The molecule has 2 aromatic heterocycles. The molecular weight excluding hydrogens is 450 g/mol. The lowest BCUT2D eigenvalue weighted by atomic mass is 9.78. The van der Waals surface area contributed by atoms with Crippen molar-refractivity contribution >= 4 is 23.2 Å².